The molecule has 1 aliphatic rings. The van der Waals surface area contributed by atoms with Crippen molar-refractivity contribution in [2.45, 2.75) is 63.5 Å². The number of hydrogen-bond donors (Lipinski definition) is 4. The molecule has 2 aromatic rings. The molecule has 2 unspecified atom stereocenters. The van der Waals surface area contributed by atoms with Gasteiger partial charge in [0, 0.05) is 25.7 Å². The number of nitrogens with one attached hydrogen (secondary N) is 3. The van der Waals surface area contributed by atoms with Crippen molar-refractivity contribution < 1.29 is 28.0 Å². The highest BCUT2D eigenvalue weighted by atomic mass is 32.2. The van der Waals surface area contributed by atoms with Crippen LogP contribution in [0.25, 0.3) is 0 Å². The monoisotopic (exact) mass is 531 g/mol. The van der Waals surface area contributed by atoms with Gasteiger partial charge in [-0.25, -0.2) is 13.4 Å². The summed E-state index contributed by atoms with van der Waals surface area (Å²) in [4.78, 5) is 33.7. The minimum absolute atomic E-state index is 0.0194. The quantitative estimate of drug-likeness (QED) is 0.287. The number of carboxylic acid groups (broad SMARTS) is 1. The first-order valence-electron chi connectivity index (χ1n) is 12.0. The number of sulfonamides is 1. The third-order valence-electron chi connectivity index (χ3n) is 5.79. The molecule has 0 spiro atoms. The van der Waals surface area contributed by atoms with Crippen LogP contribution in [0, 0.1) is 20.8 Å². The van der Waals surface area contributed by atoms with Crippen LogP contribution < -0.4 is 15.4 Å². The number of oxime groups is 1. The van der Waals surface area contributed by atoms with Crippen molar-refractivity contribution in [3.05, 3.63) is 53.2 Å². The van der Waals surface area contributed by atoms with Gasteiger partial charge in [0.25, 0.3) is 0 Å². The highest BCUT2D eigenvalue weighted by molar-refractivity contribution is 7.89. The molecule has 2 heterocycles. The summed E-state index contributed by atoms with van der Waals surface area (Å²) in [5.74, 6) is -1.05. The van der Waals surface area contributed by atoms with Gasteiger partial charge in [-0.3, -0.25) is 9.59 Å². The summed E-state index contributed by atoms with van der Waals surface area (Å²) in [5, 5.41) is 19.3. The van der Waals surface area contributed by atoms with E-state index in [9.17, 15) is 23.1 Å². The van der Waals surface area contributed by atoms with Crippen molar-refractivity contribution >= 4 is 33.4 Å². The summed E-state index contributed by atoms with van der Waals surface area (Å²) in [5.41, 5.74) is 2.78. The number of amides is 1. The van der Waals surface area contributed by atoms with E-state index in [1.165, 1.54) is 0 Å². The van der Waals surface area contributed by atoms with Crippen LogP contribution in [0.2, 0.25) is 0 Å². The molecule has 3 rings (SSSR count). The van der Waals surface area contributed by atoms with Crippen LogP contribution in [0.15, 0.2) is 46.6 Å². The number of anilines is 1. The van der Waals surface area contributed by atoms with Crippen LogP contribution >= 0.6 is 0 Å². The van der Waals surface area contributed by atoms with Crippen LogP contribution in [-0.2, 0) is 24.4 Å². The first kappa shape index (κ1) is 28.1. The normalized spacial score (nSPS) is 16.0. The van der Waals surface area contributed by atoms with Crippen molar-refractivity contribution in [3.63, 3.8) is 0 Å². The molecular formula is C25H33N5O6S. The van der Waals surface area contributed by atoms with Gasteiger partial charge >= 0.3 is 5.97 Å². The van der Waals surface area contributed by atoms with E-state index in [4.69, 9.17) is 4.84 Å². The Balaban J connectivity index is 1.43. The first-order valence-corrected chi connectivity index (χ1v) is 13.5. The molecule has 0 radical (unpaired) electrons. The number of aromatic nitrogens is 1. The number of benzene rings is 1. The van der Waals surface area contributed by atoms with Crippen LogP contribution in [0.1, 0.15) is 42.4 Å². The lowest BCUT2D eigenvalue weighted by Gasteiger charge is -2.18. The zero-order valence-corrected chi connectivity index (χ0v) is 22.0. The second-order valence-electron chi connectivity index (χ2n) is 9.08. The smallest absolute Gasteiger partial charge is 0.323 e. The summed E-state index contributed by atoms with van der Waals surface area (Å²) in [7, 11) is -4.12. The number of aliphatic carboxylic acids is 1. The summed E-state index contributed by atoms with van der Waals surface area (Å²) in [6.45, 7) is 5.47. The fourth-order valence-electron chi connectivity index (χ4n) is 4.23. The topological polar surface area (TPSA) is 159 Å². The number of carbonyl (C=O) groups is 2. The minimum Gasteiger partial charge on any atom is -0.480 e. The van der Waals surface area contributed by atoms with Gasteiger partial charge in [0.15, 0.2) is 0 Å². The minimum atomic E-state index is -4.12. The zero-order valence-electron chi connectivity index (χ0n) is 21.2. The maximum absolute atomic E-state index is 12.9. The molecule has 0 saturated heterocycles. The number of rotatable bonds is 13. The number of pyridine rings is 1. The van der Waals surface area contributed by atoms with Gasteiger partial charge < -0.3 is 20.6 Å². The summed E-state index contributed by atoms with van der Waals surface area (Å²) in [6, 6.07) is 7.54. The number of aryl methyl sites for hydroxylation is 3. The molecule has 1 amide bonds. The average Bonchev–Trinajstić information content (AvgIpc) is 3.26. The van der Waals surface area contributed by atoms with Gasteiger partial charge in [-0.2, -0.15) is 4.72 Å². The Bertz CT molecular complexity index is 1230. The van der Waals surface area contributed by atoms with Gasteiger partial charge in [-0.1, -0.05) is 28.9 Å². The average molecular weight is 532 g/mol. The van der Waals surface area contributed by atoms with Gasteiger partial charge in [-0.15, -0.1) is 0 Å². The van der Waals surface area contributed by atoms with Gasteiger partial charge in [0.1, 0.15) is 18.0 Å². The highest BCUT2D eigenvalue weighted by Gasteiger charge is 2.29. The van der Waals surface area contributed by atoms with Crippen LogP contribution in [0.3, 0.4) is 0 Å². The van der Waals surface area contributed by atoms with Crippen LogP contribution in [0.4, 0.5) is 5.82 Å². The summed E-state index contributed by atoms with van der Waals surface area (Å²) < 4.78 is 28.0. The van der Waals surface area contributed by atoms with Crippen molar-refractivity contribution in [2.24, 2.45) is 5.16 Å². The number of hydrogen-bond acceptors (Lipinski definition) is 8. The largest absolute Gasteiger partial charge is 0.480 e. The van der Waals surface area contributed by atoms with E-state index >= 15 is 0 Å². The van der Waals surface area contributed by atoms with Gasteiger partial charge in [0.2, 0.25) is 15.9 Å². The number of carbonyl (C=O) groups excluding carboxylic acids is 1. The predicted octanol–water partition coefficient (Wildman–Crippen LogP) is 2.28. The third kappa shape index (κ3) is 8.25. The SMILES string of the molecule is Cc1cc(C)c(S(=O)(=O)NC(CNC(=O)CC2CC(CCCNc3ccccn3)=NO2)C(=O)O)c(C)c1. The molecule has 11 nitrogen and oxygen atoms in total. The standard InChI is InChI=1S/C25H33N5O6S/c1-16-11-17(2)24(18(3)12-16)37(34,35)30-21(25(32)33)15-28-23(31)14-20-13-19(29-36-20)7-6-10-27-22-8-4-5-9-26-22/h4-5,8-9,11-12,20-21,30H,6-7,10,13-15H2,1-3H3,(H,26,27)(H,28,31)(H,32,33). The molecule has 4 N–H and O–H groups in total. The Kier molecular flexibility index (Phi) is 9.59. The molecule has 0 saturated carbocycles. The molecule has 2 atom stereocenters. The van der Waals surface area contributed by atoms with E-state index in [0.717, 1.165) is 30.1 Å². The Morgan fingerprint density at radius 2 is 1.92 bits per heavy atom. The van der Waals surface area contributed by atoms with Crippen LogP contribution in [-0.4, -0.2) is 61.3 Å². The Labute approximate surface area is 216 Å². The molecule has 1 aromatic heterocycles. The van der Waals surface area contributed by atoms with E-state index < -0.39 is 40.6 Å². The molecule has 0 aliphatic carbocycles. The number of carboxylic acids is 1. The summed E-state index contributed by atoms with van der Waals surface area (Å²) in [6.07, 6.45) is 3.27. The molecule has 37 heavy (non-hydrogen) atoms. The lowest BCUT2D eigenvalue weighted by atomic mass is 10.1. The molecular weight excluding hydrogens is 498 g/mol. The highest BCUT2D eigenvalue weighted by Crippen LogP contribution is 2.22. The maximum atomic E-state index is 12.9. The molecule has 1 aromatic carbocycles. The lowest BCUT2D eigenvalue weighted by molar-refractivity contribution is -0.138. The van der Waals surface area contributed by atoms with E-state index in [-0.39, 0.29) is 11.3 Å². The number of nitrogens with zero attached hydrogens (tertiary/aromatic N) is 2. The maximum Gasteiger partial charge on any atom is 0.323 e. The molecule has 12 heteroatoms. The lowest BCUT2D eigenvalue weighted by Crippen LogP contribution is -2.48. The van der Waals surface area contributed by atoms with Gasteiger partial charge in [-0.05, 0) is 56.9 Å². The second-order valence-corrected chi connectivity index (χ2v) is 10.7. The Hall–Kier alpha value is -3.51. The van der Waals surface area contributed by atoms with E-state index in [1.54, 1.807) is 32.2 Å². The molecule has 0 fully saturated rings. The van der Waals surface area contributed by atoms with Crippen molar-refractivity contribution in [2.75, 3.05) is 18.4 Å². The molecule has 0 bridgehead atoms. The third-order valence-corrected chi connectivity index (χ3v) is 7.57. The van der Waals surface area contributed by atoms with Crippen molar-refractivity contribution in [1.29, 1.82) is 0 Å². The van der Waals surface area contributed by atoms with E-state index in [0.29, 0.717) is 24.0 Å². The first-order chi connectivity index (χ1) is 17.5. The second kappa shape index (κ2) is 12.6. The van der Waals surface area contributed by atoms with Crippen molar-refractivity contribution in [1.82, 2.24) is 15.0 Å². The fraction of sp³-hybridized carbons (Fsp3) is 0.440. The van der Waals surface area contributed by atoms with Crippen molar-refractivity contribution in [3.8, 4) is 0 Å². The fourth-order valence-corrected chi connectivity index (χ4v) is 5.87. The molecule has 1 aliphatic heterocycles. The predicted molar refractivity (Wildman–Crippen MR) is 139 cm³/mol. The van der Waals surface area contributed by atoms with Crippen LogP contribution in [0.5, 0.6) is 0 Å². The van der Waals surface area contributed by atoms with Gasteiger partial charge in [0.05, 0.1) is 17.0 Å². The Morgan fingerprint density at radius 1 is 1.19 bits per heavy atom. The molecule has 200 valence electrons. The van der Waals surface area contributed by atoms with E-state index in [2.05, 4.69) is 25.5 Å². The zero-order chi connectivity index (χ0) is 27.0. The Morgan fingerprint density at radius 3 is 2.57 bits per heavy atom. The van der Waals surface area contributed by atoms with E-state index in [1.807, 2.05) is 25.1 Å². The summed E-state index contributed by atoms with van der Waals surface area (Å²) >= 11 is 0.